The zero-order valence-electron chi connectivity index (χ0n) is 49.9. The second kappa shape index (κ2) is 22.9. The maximum Gasteiger partial charge on any atom is 0.160 e. The van der Waals surface area contributed by atoms with E-state index < -0.39 is 0 Å². The van der Waals surface area contributed by atoms with E-state index in [4.69, 9.17) is 24.9 Å². The molecule has 0 unspecified atom stereocenters. The number of aromatic nitrogens is 7. The highest BCUT2D eigenvalue weighted by Crippen LogP contribution is 2.47. The number of nitrogens with zero attached hydrogens (tertiary/aromatic N) is 7. The van der Waals surface area contributed by atoms with Gasteiger partial charge in [0.1, 0.15) is 0 Å². The molecule has 0 saturated heterocycles. The van der Waals surface area contributed by atoms with E-state index in [9.17, 15) is 0 Å². The Kier molecular flexibility index (Phi) is 13.4. The van der Waals surface area contributed by atoms with E-state index in [1.807, 2.05) is 42.5 Å². The predicted octanol–water partition coefficient (Wildman–Crippen LogP) is 21.5. The minimum absolute atomic E-state index is 0.606. The molecule has 0 aliphatic carbocycles. The van der Waals surface area contributed by atoms with E-state index in [0.717, 1.165) is 156 Å². The lowest BCUT2D eigenvalue weighted by Crippen LogP contribution is -2.08. The van der Waals surface area contributed by atoms with Gasteiger partial charge in [0.25, 0.3) is 0 Å². The number of para-hydroxylation sites is 1. The summed E-state index contributed by atoms with van der Waals surface area (Å²) in [6, 6.07) is 118. The van der Waals surface area contributed by atoms with Gasteiger partial charge in [-0.25, -0.2) is 24.9 Å². The molecule has 0 saturated carbocycles. The van der Waals surface area contributed by atoms with E-state index in [0.29, 0.717) is 11.6 Å². The van der Waals surface area contributed by atoms with Crippen LogP contribution in [0, 0.1) is 0 Å². The number of hydrogen-bond acceptors (Lipinski definition) is 5. The van der Waals surface area contributed by atoms with E-state index >= 15 is 0 Å². The van der Waals surface area contributed by atoms with Crippen LogP contribution in [0.2, 0.25) is 0 Å². The van der Waals surface area contributed by atoms with Crippen LogP contribution in [0.4, 0.5) is 0 Å². The number of hydrogen-bond donors (Lipinski definition) is 0. The van der Waals surface area contributed by atoms with Crippen LogP contribution in [0.3, 0.4) is 0 Å². The first-order valence-electron chi connectivity index (χ1n) is 31.0. The molecule has 17 rings (SSSR count). The Hall–Kier alpha value is -12.5. The summed E-state index contributed by atoms with van der Waals surface area (Å²) in [5.41, 5.74) is 23.0. The third-order valence-electron chi connectivity index (χ3n) is 17.5. The smallest absolute Gasteiger partial charge is 0.160 e. The summed E-state index contributed by atoms with van der Waals surface area (Å²) in [7, 11) is 0. The van der Waals surface area contributed by atoms with Gasteiger partial charge in [-0.2, -0.15) is 0 Å². The minimum Gasteiger partial charge on any atom is -0.307 e. The molecule has 0 bridgehead atoms. The molecule has 0 fully saturated rings. The molecule has 17 aromatic rings. The summed E-state index contributed by atoms with van der Waals surface area (Å²) in [4.78, 5) is 27.4. The Morgan fingerprint density at radius 3 is 1.05 bits per heavy atom. The Bertz CT molecular complexity index is 5480. The molecular weight excluding hydrogens is 1120 g/mol. The summed E-state index contributed by atoms with van der Waals surface area (Å²) in [5, 5.41) is 4.42. The van der Waals surface area contributed by atoms with Crippen LogP contribution in [0.25, 0.3) is 168 Å². The minimum atomic E-state index is 0.606. The van der Waals surface area contributed by atoms with Crippen molar-refractivity contribution in [2.45, 2.75) is 0 Å². The fourth-order valence-corrected chi connectivity index (χ4v) is 13.1. The van der Waals surface area contributed by atoms with Crippen LogP contribution in [-0.4, -0.2) is 34.1 Å². The van der Waals surface area contributed by atoms with E-state index in [2.05, 4.69) is 300 Å². The van der Waals surface area contributed by atoms with Crippen LogP contribution in [0.1, 0.15) is 0 Å². The van der Waals surface area contributed by atoms with Gasteiger partial charge in [-0.3, -0.25) is 0 Å². The molecule has 7 nitrogen and oxygen atoms in total. The monoisotopic (exact) mass is 1170 g/mol. The molecule has 0 spiro atoms. The molecule has 0 atom stereocenters. The van der Waals surface area contributed by atoms with Crippen LogP contribution < -0.4 is 0 Å². The van der Waals surface area contributed by atoms with Crippen LogP contribution >= 0.6 is 0 Å². The molecular formula is C85H55N7. The molecule has 0 aliphatic heterocycles. The number of fused-ring (bicyclic) bond motifs is 6. The van der Waals surface area contributed by atoms with E-state index in [1.54, 1.807) is 0 Å². The largest absolute Gasteiger partial charge is 0.307 e. The quantitative estimate of drug-likeness (QED) is 0.122. The Balaban J connectivity index is 1.04. The lowest BCUT2D eigenvalue weighted by molar-refractivity contribution is 1.09. The molecule has 0 N–H and O–H groups in total. The predicted molar refractivity (Wildman–Crippen MR) is 378 cm³/mol. The Labute approximate surface area is 532 Å². The van der Waals surface area contributed by atoms with Crippen molar-refractivity contribution in [3.8, 4) is 124 Å². The highest BCUT2D eigenvalue weighted by atomic mass is 15.1. The fourth-order valence-electron chi connectivity index (χ4n) is 13.1. The van der Waals surface area contributed by atoms with Crippen molar-refractivity contribution in [1.29, 1.82) is 0 Å². The number of pyridine rings is 1. The second-order valence-corrected chi connectivity index (χ2v) is 23.2. The lowest BCUT2D eigenvalue weighted by Gasteiger charge is -2.23. The summed E-state index contributed by atoms with van der Waals surface area (Å²) < 4.78 is 4.96. The van der Waals surface area contributed by atoms with Crippen molar-refractivity contribution >= 4 is 43.6 Å². The zero-order chi connectivity index (χ0) is 60.9. The van der Waals surface area contributed by atoms with Crippen molar-refractivity contribution in [3.63, 3.8) is 0 Å². The molecule has 5 aromatic heterocycles. The van der Waals surface area contributed by atoms with Gasteiger partial charge in [0.05, 0.1) is 67.6 Å². The summed E-state index contributed by atoms with van der Waals surface area (Å²) in [5.74, 6) is 1.23. The fraction of sp³-hybridized carbons (Fsp3) is 0. The average Bonchev–Trinajstić information content (AvgIpc) is 1.78. The first kappa shape index (κ1) is 53.8. The first-order valence-corrected chi connectivity index (χ1v) is 31.0. The normalized spacial score (nSPS) is 11.5. The summed E-state index contributed by atoms with van der Waals surface area (Å²) in [6.45, 7) is 0. The van der Waals surface area contributed by atoms with Gasteiger partial charge < -0.3 is 9.13 Å². The first-order chi connectivity index (χ1) is 45.6. The standard InChI is InChI=1S/C85H55N7/c1-8-25-56(26-9-1)63-43-46-79-68(49-63)67-39-22-23-42-78(67)91(79)82-53-66(76-54-74(59-31-14-4-15-32-59)87-84(89-76)61-35-18-6-19-36-61)52-71(77-55-75(60-33-16-5-17-34-60)88-85(90-77)62-37-20-7-21-38-62)83(82)92-80-47-44-64(57-27-10-2-11-28-57)50-69(80)70-51-65(45-48-81(70)92)73-41-24-40-72(86-73)58-29-12-3-13-30-58/h1-55H. The third-order valence-corrected chi connectivity index (χ3v) is 17.5. The van der Waals surface area contributed by atoms with Crippen LogP contribution in [0.5, 0.6) is 0 Å². The highest BCUT2D eigenvalue weighted by Gasteiger charge is 2.28. The van der Waals surface area contributed by atoms with Gasteiger partial charge in [0.15, 0.2) is 11.6 Å². The Morgan fingerprint density at radius 2 is 0.543 bits per heavy atom. The van der Waals surface area contributed by atoms with E-state index in [1.165, 1.54) is 0 Å². The molecule has 12 aromatic carbocycles. The van der Waals surface area contributed by atoms with Crippen molar-refractivity contribution < 1.29 is 0 Å². The molecule has 0 aliphatic rings. The van der Waals surface area contributed by atoms with Crippen LogP contribution in [0.15, 0.2) is 334 Å². The van der Waals surface area contributed by atoms with Crippen molar-refractivity contribution in [2.75, 3.05) is 0 Å². The van der Waals surface area contributed by atoms with Gasteiger partial charge in [0.2, 0.25) is 0 Å². The summed E-state index contributed by atoms with van der Waals surface area (Å²) >= 11 is 0. The molecule has 5 heterocycles. The van der Waals surface area contributed by atoms with E-state index in [-0.39, 0.29) is 0 Å². The van der Waals surface area contributed by atoms with Crippen molar-refractivity contribution in [3.05, 3.63) is 334 Å². The Morgan fingerprint density at radius 1 is 0.185 bits per heavy atom. The van der Waals surface area contributed by atoms with Crippen molar-refractivity contribution in [2.24, 2.45) is 0 Å². The summed E-state index contributed by atoms with van der Waals surface area (Å²) in [6.07, 6.45) is 0. The molecule has 92 heavy (non-hydrogen) atoms. The number of rotatable bonds is 12. The molecule has 7 heteroatoms. The van der Waals surface area contributed by atoms with Gasteiger partial charge in [0, 0.05) is 66.1 Å². The average molecular weight is 1170 g/mol. The van der Waals surface area contributed by atoms with Gasteiger partial charge in [-0.05, 0) is 101 Å². The van der Waals surface area contributed by atoms with Gasteiger partial charge in [-0.1, -0.05) is 255 Å². The highest BCUT2D eigenvalue weighted by molar-refractivity contribution is 6.14. The second-order valence-electron chi connectivity index (χ2n) is 23.2. The molecule has 0 amide bonds. The zero-order valence-corrected chi connectivity index (χ0v) is 49.9. The maximum absolute atomic E-state index is 5.75. The van der Waals surface area contributed by atoms with Crippen molar-refractivity contribution in [1.82, 2.24) is 34.1 Å². The SMILES string of the molecule is c1ccc(-c2ccc3c(c2)c2ccccc2n3-c2cc(-c3cc(-c4ccccc4)nc(-c4ccccc4)n3)cc(-c3cc(-c4ccccc4)nc(-c4ccccc4)n3)c2-n2c3ccc(-c4ccccc4)cc3c3cc(-c4cccc(-c5ccccc5)n4)ccc32)cc1. The third kappa shape index (κ3) is 9.78. The topological polar surface area (TPSA) is 74.3 Å². The molecule has 430 valence electrons. The van der Waals surface area contributed by atoms with Gasteiger partial charge >= 0.3 is 0 Å². The number of benzene rings is 12. The van der Waals surface area contributed by atoms with Crippen LogP contribution in [-0.2, 0) is 0 Å². The lowest BCUT2D eigenvalue weighted by atomic mass is 9.97. The van der Waals surface area contributed by atoms with Gasteiger partial charge in [-0.15, -0.1) is 0 Å². The molecule has 0 radical (unpaired) electrons. The maximum atomic E-state index is 5.75.